The zero-order valence-corrected chi connectivity index (χ0v) is 16.6. The monoisotopic (exact) mass is 372 g/mol. The van der Waals surface area contributed by atoms with E-state index in [1.54, 1.807) is 0 Å². The second kappa shape index (κ2) is 8.71. The van der Waals surface area contributed by atoms with Crippen LogP contribution in [-0.2, 0) is 11.3 Å². The van der Waals surface area contributed by atoms with Gasteiger partial charge in [0.15, 0.2) is 11.0 Å². The summed E-state index contributed by atoms with van der Waals surface area (Å²) in [4.78, 5) is 12.4. The van der Waals surface area contributed by atoms with E-state index >= 15 is 0 Å². The summed E-state index contributed by atoms with van der Waals surface area (Å²) >= 11 is 1.46. The molecule has 1 amide bonds. The zero-order chi connectivity index (χ0) is 18.5. The molecule has 140 valence electrons. The molecule has 1 saturated carbocycles. The minimum Gasteiger partial charge on any atom is -0.352 e. The van der Waals surface area contributed by atoms with Crippen molar-refractivity contribution in [3.63, 3.8) is 0 Å². The summed E-state index contributed by atoms with van der Waals surface area (Å²) in [6, 6.07) is 10.3. The lowest BCUT2D eigenvalue weighted by atomic mass is 9.78. The molecular formula is C20H28N4OS. The first-order valence-corrected chi connectivity index (χ1v) is 10.5. The first-order valence-electron chi connectivity index (χ1n) is 9.51. The van der Waals surface area contributed by atoms with Crippen LogP contribution in [0, 0.1) is 11.8 Å². The van der Waals surface area contributed by atoms with Crippen molar-refractivity contribution in [2.45, 2.75) is 57.8 Å². The third kappa shape index (κ3) is 4.29. The lowest BCUT2D eigenvalue weighted by molar-refractivity contribution is -0.120. The van der Waals surface area contributed by atoms with Crippen LogP contribution in [0.4, 0.5) is 0 Å². The molecule has 3 atom stereocenters. The van der Waals surface area contributed by atoms with Crippen molar-refractivity contribution in [2.24, 2.45) is 11.8 Å². The average Bonchev–Trinajstić information content (AvgIpc) is 3.07. The van der Waals surface area contributed by atoms with E-state index in [9.17, 15) is 4.79 Å². The summed E-state index contributed by atoms with van der Waals surface area (Å²) in [5, 5.41) is 12.7. The molecule has 0 radical (unpaired) electrons. The fourth-order valence-corrected chi connectivity index (χ4v) is 4.46. The second-order valence-corrected chi connectivity index (χ2v) is 8.09. The van der Waals surface area contributed by atoms with E-state index in [1.807, 2.05) is 30.3 Å². The Hall–Kier alpha value is -1.82. The molecule has 1 heterocycles. The predicted molar refractivity (Wildman–Crippen MR) is 106 cm³/mol. The van der Waals surface area contributed by atoms with Crippen LogP contribution in [0.5, 0.6) is 0 Å². The third-order valence-corrected chi connectivity index (χ3v) is 6.42. The van der Waals surface area contributed by atoms with Gasteiger partial charge in [0.25, 0.3) is 0 Å². The van der Waals surface area contributed by atoms with Crippen LogP contribution in [-0.4, -0.2) is 32.5 Å². The summed E-state index contributed by atoms with van der Waals surface area (Å²) in [5.41, 5.74) is 1.04. The molecule has 1 aromatic heterocycles. The third-order valence-electron chi connectivity index (χ3n) is 5.45. The van der Waals surface area contributed by atoms with Crippen LogP contribution in [0.15, 0.2) is 35.5 Å². The molecule has 0 saturated heterocycles. The summed E-state index contributed by atoms with van der Waals surface area (Å²) in [7, 11) is 0. The van der Waals surface area contributed by atoms with Crippen LogP contribution < -0.4 is 5.32 Å². The van der Waals surface area contributed by atoms with E-state index in [-0.39, 0.29) is 5.91 Å². The summed E-state index contributed by atoms with van der Waals surface area (Å²) in [6.45, 7) is 7.39. The van der Waals surface area contributed by atoms with Gasteiger partial charge in [0.1, 0.15) is 0 Å². The van der Waals surface area contributed by atoms with Gasteiger partial charge >= 0.3 is 0 Å². The van der Waals surface area contributed by atoms with E-state index in [0.717, 1.165) is 29.5 Å². The van der Waals surface area contributed by atoms with Gasteiger partial charge in [0, 0.05) is 18.2 Å². The number of hydrogen-bond acceptors (Lipinski definition) is 4. The lowest BCUT2D eigenvalue weighted by Crippen LogP contribution is -2.44. The molecule has 0 aliphatic heterocycles. The van der Waals surface area contributed by atoms with Crippen LogP contribution in [0.2, 0.25) is 0 Å². The van der Waals surface area contributed by atoms with Crippen molar-refractivity contribution in [3.05, 3.63) is 30.3 Å². The lowest BCUT2D eigenvalue weighted by Gasteiger charge is -2.34. The highest BCUT2D eigenvalue weighted by Crippen LogP contribution is 2.30. The van der Waals surface area contributed by atoms with Crippen molar-refractivity contribution in [1.82, 2.24) is 20.1 Å². The standard InChI is InChI=1S/C20H28N4OS/c1-4-24-19(16-10-6-5-7-11-16)22-23-20(24)26-13-18(25)21-17-12-8-9-14(2)15(17)3/h5-7,10-11,14-15,17H,4,8-9,12-13H2,1-3H3,(H,21,25). The fraction of sp³-hybridized carbons (Fsp3) is 0.550. The number of nitrogens with zero attached hydrogens (tertiary/aromatic N) is 3. The van der Waals surface area contributed by atoms with Crippen molar-refractivity contribution in [2.75, 3.05) is 5.75 Å². The van der Waals surface area contributed by atoms with Gasteiger partial charge in [-0.05, 0) is 25.2 Å². The Morgan fingerprint density at radius 3 is 2.73 bits per heavy atom. The molecule has 5 nitrogen and oxygen atoms in total. The van der Waals surface area contributed by atoms with E-state index in [2.05, 4.69) is 40.9 Å². The van der Waals surface area contributed by atoms with Crippen molar-refractivity contribution < 1.29 is 4.79 Å². The Kier molecular flexibility index (Phi) is 6.35. The first kappa shape index (κ1) is 19.0. The number of hydrogen-bond donors (Lipinski definition) is 1. The topological polar surface area (TPSA) is 59.8 Å². The Bertz CT molecular complexity index is 731. The van der Waals surface area contributed by atoms with Crippen LogP contribution in [0.1, 0.15) is 40.0 Å². The molecule has 1 aliphatic carbocycles. The fourth-order valence-electron chi connectivity index (χ4n) is 3.65. The number of carbonyl (C=O) groups excluding carboxylic acids is 1. The minimum atomic E-state index is 0.0906. The van der Waals surface area contributed by atoms with Gasteiger partial charge in [-0.1, -0.05) is 68.8 Å². The predicted octanol–water partition coefficient (Wildman–Crippen LogP) is 4.00. The number of thioether (sulfide) groups is 1. The van der Waals surface area contributed by atoms with Crippen molar-refractivity contribution in [3.8, 4) is 11.4 Å². The average molecular weight is 373 g/mol. The maximum Gasteiger partial charge on any atom is 0.230 e. The quantitative estimate of drug-likeness (QED) is 0.779. The molecule has 2 aromatic rings. The molecule has 0 spiro atoms. The number of carbonyl (C=O) groups is 1. The second-order valence-electron chi connectivity index (χ2n) is 7.15. The minimum absolute atomic E-state index is 0.0906. The van der Waals surface area contributed by atoms with Gasteiger partial charge in [-0.2, -0.15) is 0 Å². The Labute approximate surface area is 160 Å². The highest BCUT2D eigenvalue weighted by Gasteiger charge is 2.28. The van der Waals surface area contributed by atoms with E-state index in [1.165, 1.54) is 24.6 Å². The van der Waals surface area contributed by atoms with Gasteiger partial charge < -0.3 is 9.88 Å². The van der Waals surface area contributed by atoms with Crippen molar-refractivity contribution in [1.29, 1.82) is 0 Å². The highest BCUT2D eigenvalue weighted by atomic mass is 32.2. The zero-order valence-electron chi connectivity index (χ0n) is 15.8. The molecule has 3 unspecified atom stereocenters. The van der Waals surface area contributed by atoms with E-state index in [4.69, 9.17) is 0 Å². The highest BCUT2D eigenvalue weighted by molar-refractivity contribution is 7.99. The van der Waals surface area contributed by atoms with E-state index in [0.29, 0.717) is 23.6 Å². The normalized spacial score (nSPS) is 23.0. The number of nitrogens with one attached hydrogen (secondary N) is 1. The van der Waals surface area contributed by atoms with Gasteiger partial charge in [-0.15, -0.1) is 10.2 Å². The smallest absolute Gasteiger partial charge is 0.230 e. The van der Waals surface area contributed by atoms with E-state index < -0.39 is 0 Å². The summed E-state index contributed by atoms with van der Waals surface area (Å²) in [6.07, 6.45) is 3.56. The number of amides is 1. The van der Waals surface area contributed by atoms with Gasteiger partial charge in [-0.3, -0.25) is 4.79 Å². The van der Waals surface area contributed by atoms with Gasteiger partial charge in [-0.25, -0.2) is 0 Å². The Morgan fingerprint density at radius 1 is 1.23 bits per heavy atom. The van der Waals surface area contributed by atoms with Crippen molar-refractivity contribution >= 4 is 17.7 Å². The molecular weight excluding hydrogens is 344 g/mol. The summed E-state index contributed by atoms with van der Waals surface area (Å²) in [5.74, 6) is 2.54. The maximum atomic E-state index is 12.4. The van der Waals surface area contributed by atoms with Gasteiger partial charge in [0.05, 0.1) is 5.75 Å². The van der Waals surface area contributed by atoms with Crippen LogP contribution in [0.3, 0.4) is 0 Å². The number of rotatable bonds is 6. The molecule has 0 bridgehead atoms. The molecule has 6 heteroatoms. The van der Waals surface area contributed by atoms with Crippen LogP contribution >= 0.6 is 11.8 Å². The Balaban J connectivity index is 1.61. The molecule has 1 N–H and O–H groups in total. The largest absolute Gasteiger partial charge is 0.352 e. The molecule has 1 aliphatic rings. The molecule has 26 heavy (non-hydrogen) atoms. The Morgan fingerprint density at radius 2 is 2.00 bits per heavy atom. The first-order chi connectivity index (χ1) is 12.6. The molecule has 1 fully saturated rings. The molecule has 3 rings (SSSR count). The maximum absolute atomic E-state index is 12.4. The SMILES string of the molecule is CCn1c(SCC(=O)NC2CCCC(C)C2C)nnc1-c1ccccc1. The number of benzene rings is 1. The number of aromatic nitrogens is 3. The summed E-state index contributed by atoms with van der Waals surface area (Å²) < 4.78 is 2.07. The molecule has 1 aromatic carbocycles. The van der Waals surface area contributed by atoms with Gasteiger partial charge in [0.2, 0.25) is 5.91 Å². The van der Waals surface area contributed by atoms with Crippen LogP contribution in [0.25, 0.3) is 11.4 Å².